The second-order valence-corrected chi connectivity index (χ2v) is 13.9. The highest BCUT2D eigenvalue weighted by molar-refractivity contribution is 7.91. The molecule has 1 aliphatic rings. The molecule has 47 heavy (non-hydrogen) atoms. The molecule has 6 N–H and O–H groups in total. The Balaban J connectivity index is 1.52. The Morgan fingerprint density at radius 2 is 1.60 bits per heavy atom. The number of carboxylic acid groups (broad SMARTS) is 3. The van der Waals surface area contributed by atoms with Crippen molar-refractivity contribution < 1.29 is 42.9 Å². The van der Waals surface area contributed by atoms with E-state index in [1.165, 1.54) is 10.7 Å². The van der Waals surface area contributed by atoms with Gasteiger partial charge in [0.15, 0.2) is 5.78 Å². The molecule has 2 atom stereocenters. The van der Waals surface area contributed by atoms with Gasteiger partial charge in [0.2, 0.25) is 9.30 Å². The molecule has 3 aromatic rings. The van der Waals surface area contributed by atoms with Crippen LogP contribution >= 0.6 is 11.3 Å². The van der Waals surface area contributed by atoms with Crippen molar-refractivity contribution in [3.63, 3.8) is 0 Å². The standard InChI is InChI=1S/C28H38N8O9S2/c1-2-33-9-11-34(16-23(38)39)8-7-30-21(14-35(12-10-33)17-24(40)41)25(26(42)43)22(37)13-18-3-5-19(6-4-18)20-15-36-27(31-20)46-28(32-36)47(29,44)45/h3-6,15,21,25,30H,2,7-14,16-17H2,1H3,(H,38,39)(H,40,41)(H,42,43)(H2,29,44,45). The Morgan fingerprint density at radius 1 is 0.979 bits per heavy atom. The van der Waals surface area contributed by atoms with Crippen LogP contribution in [0.3, 0.4) is 0 Å². The van der Waals surface area contributed by atoms with Crippen molar-refractivity contribution in [1.29, 1.82) is 0 Å². The number of hydrogen-bond donors (Lipinski definition) is 5. The summed E-state index contributed by atoms with van der Waals surface area (Å²) in [6, 6.07) is 5.77. The van der Waals surface area contributed by atoms with Crippen LogP contribution in [0, 0.1) is 5.92 Å². The summed E-state index contributed by atoms with van der Waals surface area (Å²) in [5, 5.41) is 41.4. The minimum atomic E-state index is -3.97. The van der Waals surface area contributed by atoms with E-state index in [4.69, 9.17) is 5.14 Å². The molecule has 1 fully saturated rings. The molecular formula is C28H38N8O9S2. The van der Waals surface area contributed by atoms with Crippen LogP contribution < -0.4 is 10.5 Å². The van der Waals surface area contributed by atoms with Crippen LogP contribution in [0.15, 0.2) is 34.8 Å². The van der Waals surface area contributed by atoms with Crippen LogP contribution in [0.2, 0.25) is 0 Å². The number of primary sulfonamides is 1. The lowest BCUT2D eigenvalue weighted by Crippen LogP contribution is -2.55. The predicted octanol–water partition coefficient (Wildman–Crippen LogP) is -1.02. The number of aromatic nitrogens is 3. The van der Waals surface area contributed by atoms with Crippen LogP contribution in [0.25, 0.3) is 16.2 Å². The molecule has 4 rings (SSSR count). The van der Waals surface area contributed by atoms with Crippen molar-refractivity contribution in [2.24, 2.45) is 11.1 Å². The molecule has 0 bridgehead atoms. The summed E-state index contributed by atoms with van der Waals surface area (Å²) in [4.78, 5) is 59.4. The van der Waals surface area contributed by atoms with E-state index in [0.717, 1.165) is 11.3 Å². The van der Waals surface area contributed by atoms with Crippen LogP contribution in [-0.4, -0.2) is 148 Å². The summed E-state index contributed by atoms with van der Waals surface area (Å²) in [6.07, 6.45) is 1.33. The van der Waals surface area contributed by atoms with Gasteiger partial charge in [-0.05, 0) is 12.1 Å². The third-order valence-corrected chi connectivity index (χ3v) is 10.1. The number of likely N-dealkylation sites (N-methyl/N-ethyl adjacent to an activating group) is 1. The van der Waals surface area contributed by atoms with Crippen LogP contribution in [0.1, 0.15) is 12.5 Å². The second-order valence-electron chi connectivity index (χ2n) is 11.2. The molecule has 0 aliphatic carbocycles. The van der Waals surface area contributed by atoms with Crippen molar-refractivity contribution in [3.05, 3.63) is 36.0 Å². The summed E-state index contributed by atoms with van der Waals surface area (Å²) in [5.41, 5.74) is 1.70. The third kappa shape index (κ3) is 10.1. The van der Waals surface area contributed by atoms with E-state index in [-0.39, 0.29) is 43.5 Å². The summed E-state index contributed by atoms with van der Waals surface area (Å²) in [7, 11) is -3.97. The zero-order valence-corrected chi connectivity index (χ0v) is 27.3. The number of ketones is 1. The van der Waals surface area contributed by atoms with E-state index in [1.54, 1.807) is 34.1 Å². The van der Waals surface area contributed by atoms with Gasteiger partial charge >= 0.3 is 17.9 Å². The smallest absolute Gasteiger partial charge is 0.317 e. The molecule has 0 radical (unpaired) electrons. The number of carbonyl (C=O) groups is 4. The number of nitrogens with two attached hydrogens (primary N) is 1. The Morgan fingerprint density at radius 3 is 2.17 bits per heavy atom. The van der Waals surface area contributed by atoms with Gasteiger partial charge in [-0.3, -0.25) is 29.0 Å². The van der Waals surface area contributed by atoms with Crippen molar-refractivity contribution >= 4 is 50.0 Å². The lowest BCUT2D eigenvalue weighted by atomic mass is 9.90. The first-order valence-corrected chi connectivity index (χ1v) is 17.2. The van der Waals surface area contributed by atoms with Gasteiger partial charge in [-0.1, -0.05) is 42.5 Å². The van der Waals surface area contributed by atoms with Crippen molar-refractivity contribution in [1.82, 2.24) is 34.6 Å². The molecule has 256 valence electrons. The Bertz CT molecular complexity index is 1660. The number of aliphatic carboxylic acids is 3. The van der Waals surface area contributed by atoms with Gasteiger partial charge in [0.25, 0.3) is 10.0 Å². The lowest BCUT2D eigenvalue weighted by Gasteiger charge is -2.34. The molecule has 2 unspecified atom stereocenters. The fraction of sp³-hybridized carbons (Fsp3) is 0.500. The first-order valence-electron chi connectivity index (χ1n) is 14.8. The van der Waals surface area contributed by atoms with Gasteiger partial charge in [0.1, 0.15) is 5.92 Å². The summed E-state index contributed by atoms with van der Waals surface area (Å²) >= 11 is 0.820. The molecular weight excluding hydrogens is 656 g/mol. The van der Waals surface area contributed by atoms with Gasteiger partial charge in [-0.2, -0.15) is 0 Å². The Labute approximate surface area is 274 Å². The maximum Gasteiger partial charge on any atom is 0.317 e. The van der Waals surface area contributed by atoms with E-state index in [0.29, 0.717) is 54.5 Å². The Hall–Kier alpha value is -3.85. The quantitative estimate of drug-likeness (QED) is 0.143. The molecule has 2 aromatic heterocycles. The molecule has 3 heterocycles. The maximum absolute atomic E-state index is 13.6. The molecule has 0 saturated carbocycles. The average molecular weight is 695 g/mol. The fourth-order valence-corrected chi connectivity index (χ4v) is 6.94. The van der Waals surface area contributed by atoms with Crippen LogP contribution in [0.5, 0.6) is 0 Å². The van der Waals surface area contributed by atoms with Gasteiger partial charge in [0, 0.05) is 63.8 Å². The number of imidazole rings is 1. The zero-order chi connectivity index (χ0) is 34.3. The van der Waals surface area contributed by atoms with Gasteiger partial charge in [0.05, 0.1) is 25.0 Å². The summed E-state index contributed by atoms with van der Waals surface area (Å²) in [5.74, 6) is -5.51. The number of carbonyl (C=O) groups excluding carboxylic acids is 1. The normalized spacial score (nSPS) is 18.7. The zero-order valence-electron chi connectivity index (χ0n) is 25.7. The van der Waals surface area contributed by atoms with Crippen molar-refractivity contribution in [2.45, 2.75) is 23.7 Å². The number of Topliss-reactive ketones (excluding diaryl/α,β-unsaturated/α-hetero) is 1. The minimum absolute atomic E-state index is 0.0247. The highest BCUT2D eigenvalue weighted by Crippen LogP contribution is 2.24. The topological polar surface area (TPSA) is 241 Å². The van der Waals surface area contributed by atoms with Crippen molar-refractivity contribution in [3.8, 4) is 11.3 Å². The first kappa shape index (κ1) is 36.0. The lowest BCUT2D eigenvalue weighted by molar-refractivity contribution is -0.147. The monoisotopic (exact) mass is 694 g/mol. The SMILES string of the molecule is CCN1CCN(CC(=O)O)CCNC(C(C(=O)O)C(=O)Cc2ccc(-c3cn4nc(S(N)(=O)=O)sc4n3)cc2)CN(CC(=O)O)CC1. The van der Waals surface area contributed by atoms with E-state index >= 15 is 0 Å². The summed E-state index contributed by atoms with van der Waals surface area (Å²) in [6.45, 7) is 4.34. The highest BCUT2D eigenvalue weighted by Gasteiger charge is 2.36. The molecule has 0 spiro atoms. The third-order valence-electron chi connectivity index (χ3n) is 7.83. The number of benzene rings is 1. The predicted molar refractivity (Wildman–Crippen MR) is 170 cm³/mol. The molecule has 0 amide bonds. The van der Waals surface area contributed by atoms with Gasteiger partial charge < -0.3 is 25.5 Å². The average Bonchev–Trinajstić information content (AvgIpc) is 3.56. The number of hydrogen-bond acceptors (Lipinski definition) is 13. The molecule has 17 nitrogen and oxygen atoms in total. The molecule has 1 aliphatic heterocycles. The van der Waals surface area contributed by atoms with Crippen LogP contribution in [0.4, 0.5) is 0 Å². The number of fused-ring (bicyclic) bond motifs is 1. The first-order chi connectivity index (χ1) is 22.2. The van der Waals surface area contributed by atoms with Crippen LogP contribution in [-0.2, 0) is 35.6 Å². The minimum Gasteiger partial charge on any atom is -0.481 e. The Kier molecular flexibility index (Phi) is 12.1. The number of sulfonamides is 1. The van der Waals surface area contributed by atoms with Crippen molar-refractivity contribution in [2.75, 3.05) is 65.4 Å². The summed E-state index contributed by atoms with van der Waals surface area (Å²) < 4.78 is 24.1. The van der Waals surface area contributed by atoms with Gasteiger partial charge in [-0.25, -0.2) is 23.1 Å². The number of nitrogens with one attached hydrogen (secondary N) is 1. The molecule has 1 aromatic carbocycles. The van der Waals surface area contributed by atoms with E-state index in [9.17, 15) is 42.9 Å². The number of nitrogens with zero attached hydrogens (tertiary/aromatic N) is 6. The molecule has 1 saturated heterocycles. The van der Waals surface area contributed by atoms with E-state index in [2.05, 4.69) is 20.3 Å². The highest BCUT2D eigenvalue weighted by atomic mass is 32.2. The van der Waals surface area contributed by atoms with E-state index in [1.807, 2.05) is 6.92 Å². The van der Waals surface area contributed by atoms with Gasteiger partial charge in [-0.15, -0.1) is 5.10 Å². The second kappa shape index (κ2) is 15.8. The molecule has 19 heteroatoms. The largest absolute Gasteiger partial charge is 0.481 e. The number of carboxylic acids is 3. The fourth-order valence-electron chi connectivity index (χ4n) is 5.43. The maximum atomic E-state index is 13.6. The van der Waals surface area contributed by atoms with E-state index < -0.39 is 45.7 Å². The number of rotatable bonds is 12.